The summed E-state index contributed by atoms with van der Waals surface area (Å²) < 4.78 is 1.83. The summed E-state index contributed by atoms with van der Waals surface area (Å²) in [5.41, 5.74) is 2.24. The molecule has 0 aliphatic carbocycles. The predicted octanol–water partition coefficient (Wildman–Crippen LogP) is 1.56. The molecule has 0 radical (unpaired) electrons. The smallest absolute Gasteiger partial charge is 0.224 e. The molecule has 0 saturated carbocycles. The van der Waals surface area contributed by atoms with E-state index in [4.69, 9.17) is 0 Å². The molecule has 2 aliphatic rings. The van der Waals surface area contributed by atoms with Gasteiger partial charge in [-0.2, -0.15) is 5.10 Å². The van der Waals surface area contributed by atoms with Crippen molar-refractivity contribution in [2.75, 3.05) is 6.54 Å². The van der Waals surface area contributed by atoms with E-state index in [9.17, 15) is 4.79 Å². The first-order valence-corrected chi connectivity index (χ1v) is 8.90. The number of likely N-dealkylation sites (tertiary alicyclic amines) is 2. The van der Waals surface area contributed by atoms with Crippen molar-refractivity contribution in [2.24, 2.45) is 7.05 Å². The van der Waals surface area contributed by atoms with Gasteiger partial charge in [0.05, 0.1) is 23.4 Å². The molecule has 4 heterocycles. The number of rotatable bonds is 4. The molecule has 2 atom stereocenters. The second-order valence-corrected chi connectivity index (χ2v) is 7.56. The quantitative estimate of drug-likeness (QED) is 0.853. The highest BCUT2D eigenvalue weighted by Crippen LogP contribution is 2.34. The number of fused-ring (bicyclic) bond motifs is 1. The first-order valence-electron chi connectivity index (χ1n) is 8.02. The lowest BCUT2D eigenvalue weighted by molar-refractivity contribution is -0.129. The normalized spacial score (nSPS) is 24.6. The molecule has 2 saturated heterocycles. The summed E-state index contributed by atoms with van der Waals surface area (Å²) in [4.78, 5) is 21.5. The van der Waals surface area contributed by atoms with Crippen molar-refractivity contribution in [3.05, 3.63) is 34.0 Å². The van der Waals surface area contributed by atoms with E-state index in [0.717, 1.165) is 30.2 Å². The SMILES string of the molecule is Cc1nc(CN2C(=O)C[C@H]3[C@H]2CCN3Cc2cnn(C)c2)cs1. The van der Waals surface area contributed by atoms with E-state index in [1.807, 2.05) is 29.7 Å². The minimum Gasteiger partial charge on any atom is -0.332 e. The minimum absolute atomic E-state index is 0.265. The molecule has 0 unspecified atom stereocenters. The van der Waals surface area contributed by atoms with Gasteiger partial charge in [0.25, 0.3) is 0 Å². The first-order chi connectivity index (χ1) is 11.1. The average Bonchev–Trinajstić information content (AvgIpc) is 3.24. The molecule has 2 fully saturated rings. The third kappa shape index (κ3) is 2.79. The van der Waals surface area contributed by atoms with Gasteiger partial charge in [-0.1, -0.05) is 0 Å². The Hall–Kier alpha value is -1.73. The second-order valence-electron chi connectivity index (χ2n) is 6.50. The summed E-state index contributed by atoms with van der Waals surface area (Å²) in [5, 5.41) is 7.37. The van der Waals surface area contributed by atoms with Crippen LogP contribution >= 0.6 is 11.3 Å². The van der Waals surface area contributed by atoms with Crippen molar-refractivity contribution in [2.45, 2.75) is 44.9 Å². The maximum absolute atomic E-state index is 12.5. The van der Waals surface area contributed by atoms with Gasteiger partial charge in [-0.25, -0.2) is 4.98 Å². The fourth-order valence-electron chi connectivity index (χ4n) is 3.85. The largest absolute Gasteiger partial charge is 0.332 e. The van der Waals surface area contributed by atoms with Gasteiger partial charge < -0.3 is 4.90 Å². The van der Waals surface area contributed by atoms with Crippen molar-refractivity contribution in [1.82, 2.24) is 24.6 Å². The fourth-order valence-corrected chi connectivity index (χ4v) is 4.46. The summed E-state index contributed by atoms with van der Waals surface area (Å²) in [5.74, 6) is 0.265. The Kier molecular flexibility index (Phi) is 3.69. The summed E-state index contributed by atoms with van der Waals surface area (Å²) in [6.07, 6.45) is 5.66. The predicted molar refractivity (Wildman–Crippen MR) is 87.8 cm³/mol. The van der Waals surface area contributed by atoms with Crippen LogP contribution in [0.1, 0.15) is 29.1 Å². The third-order valence-corrected chi connectivity index (χ3v) is 5.69. The highest BCUT2D eigenvalue weighted by atomic mass is 32.1. The van der Waals surface area contributed by atoms with Crippen LogP contribution in [0.4, 0.5) is 0 Å². The molecule has 122 valence electrons. The van der Waals surface area contributed by atoms with Crippen LogP contribution < -0.4 is 0 Å². The van der Waals surface area contributed by atoms with Gasteiger partial charge in [0.2, 0.25) is 5.91 Å². The van der Waals surface area contributed by atoms with Gasteiger partial charge in [-0.05, 0) is 13.3 Å². The lowest BCUT2D eigenvalue weighted by atomic mass is 10.1. The maximum atomic E-state index is 12.5. The van der Waals surface area contributed by atoms with Crippen LogP contribution in [0.2, 0.25) is 0 Å². The van der Waals surface area contributed by atoms with Gasteiger partial charge in [-0.3, -0.25) is 14.4 Å². The Morgan fingerprint density at radius 3 is 2.91 bits per heavy atom. The number of amides is 1. The lowest BCUT2D eigenvalue weighted by Crippen LogP contribution is -2.36. The summed E-state index contributed by atoms with van der Waals surface area (Å²) in [6.45, 7) is 4.59. The number of aromatic nitrogens is 3. The van der Waals surface area contributed by atoms with Crippen molar-refractivity contribution < 1.29 is 4.79 Å². The Morgan fingerprint density at radius 1 is 1.35 bits per heavy atom. The minimum atomic E-state index is 0.265. The number of carbonyl (C=O) groups excluding carboxylic acids is 1. The van der Waals surface area contributed by atoms with Crippen LogP contribution in [0.5, 0.6) is 0 Å². The highest BCUT2D eigenvalue weighted by molar-refractivity contribution is 7.09. The number of carbonyl (C=O) groups is 1. The van der Waals surface area contributed by atoms with Gasteiger partial charge in [0.1, 0.15) is 0 Å². The van der Waals surface area contributed by atoms with Crippen molar-refractivity contribution in [3.8, 4) is 0 Å². The molecule has 6 nitrogen and oxygen atoms in total. The molecule has 7 heteroatoms. The molecule has 0 N–H and O–H groups in total. The molecule has 2 aromatic heterocycles. The second kappa shape index (κ2) is 5.72. The number of thiazole rings is 1. The Bertz CT molecular complexity index is 724. The van der Waals surface area contributed by atoms with E-state index in [-0.39, 0.29) is 5.91 Å². The summed E-state index contributed by atoms with van der Waals surface area (Å²) >= 11 is 1.65. The molecular weight excluding hydrogens is 310 g/mol. The molecule has 0 bridgehead atoms. The molecule has 0 aromatic carbocycles. The zero-order valence-electron chi connectivity index (χ0n) is 13.5. The van der Waals surface area contributed by atoms with Crippen LogP contribution in [0.15, 0.2) is 17.8 Å². The van der Waals surface area contributed by atoms with Crippen LogP contribution in [0.3, 0.4) is 0 Å². The van der Waals surface area contributed by atoms with E-state index in [2.05, 4.69) is 26.6 Å². The van der Waals surface area contributed by atoms with Crippen LogP contribution in [0.25, 0.3) is 0 Å². The van der Waals surface area contributed by atoms with E-state index in [0.29, 0.717) is 25.0 Å². The fraction of sp³-hybridized carbons (Fsp3) is 0.562. The highest BCUT2D eigenvalue weighted by Gasteiger charge is 2.46. The summed E-state index contributed by atoms with van der Waals surface area (Å²) in [6, 6.07) is 0.670. The van der Waals surface area contributed by atoms with Crippen molar-refractivity contribution in [1.29, 1.82) is 0 Å². The molecular formula is C16H21N5OS. The van der Waals surface area contributed by atoms with Gasteiger partial charge in [0, 0.05) is 55.8 Å². The maximum Gasteiger partial charge on any atom is 0.224 e. The monoisotopic (exact) mass is 331 g/mol. The average molecular weight is 331 g/mol. The van der Waals surface area contributed by atoms with E-state index in [1.165, 1.54) is 5.56 Å². The Labute approximate surface area is 139 Å². The van der Waals surface area contributed by atoms with Crippen molar-refractivity contribution in [3.63, 3.8) is 0 Å². The van der Waals surface area contributed by atoms with Gasteiger partial charge in [0.15, 0.2) is 0 Å². The van der Waals surface area contributed by atoms with Crippen LogP contribution in [0, 0.1) is 6.92 Å². The lowest BCUT2D eigenvalue weighted by Gasteiger charge is -2.24. The molecule has 2 aliphatic heterocycles. The zero-order valence-corrected chi connectivity index (χ0v) is 14.3. The summed E-state index contributed by atoms with van der Waals surface area (Å²) in [7, 11) is 1.94. The Balaban J connectivity index is 1.46. The molecule has 1 amide bonds. The van der Waals surface area contributed by atoms with Crippen molar-refractivity contribution >= 4 is 17.2 Å². The van der Waals surface area contributed by atoms with Crippen LogP contribution in [-0.4, -0.2) is 49.1 Å². The zero-order chi connectivity index (χ0) is 16.0. The van der Waals surface area contributed by atoms with E-state index < -0.39 is 0 Å². The molecule has 0 spiro atoms. The first kappa shape index (κ1) is 14.8. The number of aryl methyl sites for hydroxylation is 2. The van der Waals surface area contributed by atoms with E-state index in [1.54, 1.807) is 11.3 Å². The van der Waals surface area contributed by atoms with E-state index >= 15 is 0 Å². The standard InChI is InChI=1S/C16H21N5OS/c1-11-18-13(10-23-11)9-21-14-3-4-20(15(14)5-16(21)22)8-12-6-17-19(2)7-12/h6-7,10,14-15H,3-5,8-9H2,1-2H3/t14-,15+/m1/s1. The van der Waals surface area contributed by atoms with Gasteiger partial charge >= 0.3 is 0 Å². The number of hydrogen-bond acceptors (Lipinski definition) is 5. The molecule has 2 aromatic rings. The molecule has 4 rings (SSSR count). The third-order valence-electron chi connectivity index (χ3n) is 4.87. The number of hydrogen-bond donors (Lipinski definition) is 0. The van der Waals surface area contributed by atoms with Gasteiger partial charge in [-0.15, -0.1) is 11.3 Å². The number of nitrogens with zero attached hydrogens (tertiary/aromatic N) is 5. The topological polar surface area (TPSA) is 54.3 Å². The molecule has 23 heavy (non-hydrogen) atoms. The van der Waals surface area contributed by atoms with Crippen LogP contribution in [-0.2, 0) is 24.9 Å². The Morgan fingerprint density at radius 2 is 2.22 bits per heavy atom.